The zero-order valence-corrected chi connectivity index (χ0v) is 18.2. The second-order valence-corrected chi connectivity index (χ2v) is 8.42. The number of alkyl halides is 3. The van der Waals surface area contributed by atoms with E-state index >= 15 is 0 Å². The fourth-order valence-electron chi connectivity index (χ4n) is 2.71. The van der Waals surface area contributed by atoms with Crippen molar-refractivity contribution in [2.75, 3.05) is 10.6 Å². The first-order valence-electron chi connectivity index (χ1n) is 8.22. The first kappa shape index (κ1) is 25.1. The number of amides is 1. The van der Waals surface area contributed by atoms with E-state index in [2.05, 4.69) is 0 Å². The van der Waals surface area contributed by atoms with E-state index in [1.54, 1.807) is 0 Å². The Labute approximate surface area is 185 Å². The van der Waals surface area contributed by atoms with Gasteiger partial charge in [-0.2, -0.15) is 23.4 Å². The van der Waals surface area contributed by atoms with Crippen LogP contribution in [-0.4, -0.2) is 46.0 Å². The minimum atomic E-state index is -5.06. The number of sulfonamides is 1. The first-order valence-corrected chi connectivity index (χ1v) is 10.7. The van der Waals surface area contributed by atoms with Gasteiger partial charge >= 0.3 is 11.9 Å². The largest absolute Gasteiger partial charge is 0.431 e. The zero-order chi connectivity index (χ0) is 24.6. The van der Waals surface area contributed by atoms with Crippen molar-refractivity contribution in [3.63, 3.8) is 0 Å². The van der Waals surface area contributed by atoms with Crippen LogP contribution >= 0.6 is 0 Å². The molecule has 32 heavy (non-hydrogen) atoms. The van der Waals surface area contributed by atoms with Gasteiger partial charge in [0.05, 0.1) is 23.2 Å². The summed E-state index contributed by atoms with van der Waals surface area (Å²) in [5.41, 5.74) is -7.10. The summed E-state index contributed by atoms with van der Waals surface area (Å²) in [6.07, 6.45) is -3.67. The van der Waals surface area contributed by atoms with E-state index in [4.69, 9.17) is 0 Å². The lowest BCUT2D eigenvalue weighted by atomic mass is 10.1. The number of nitriles is 1. The number of carbonyl (C=O) groups excluding carboxylic acids is 1. The molecule has 2 rings (SSSR count). The maximum absolute atomic E-state index is 14.7. The van der Waals surface area contributed by atoms with Crippen molar-refractivity contribution in [1.82, 2.24) is 9.13 Å². The van der Waals surface area contributed by atoms with Gasteiger partial charge in [-0.15, -0.1) is 0 Å². The van der Waals surface area contributed by atoms with Crippen LogP contribution in [0.2, 0.25) is 0 Å². The molecule has 0 aliphatic carbocycles. The second kappa shape index (κ2) is 8.74. The Hall–Kier alpha value is -3.20. The smallest absolute Gasteiger partial charge is 0.292 e. The van der Waals surface area contributed by atoms with Gasteiger partial charge in [-0.3, -0.25) is 14.2 Å². The lowest BCUT2D eigenvalue weighted by molar-refractivity contribution is -0.144. The molecule has 1 amide bonds. The van der Waals surface area contributed by atoms with Crippen LogP contribution in [0.15, 0.2) is 38.8 Å². The van der Waals surface area contributed by atoms with Crippen molar-refractivity contribution < 1.29 is 30.8 Å². The number of hydrogen-bond donors (Lipinski definition) is 0. The van der Waals surface area contributed by atoms with Gasteiger partial charge in [0.25, 0.3) is 11.5 Å². The summed E-state index contributed by atoms with van der Waals surface area (Å²) in [5, 5.41) is 9.28. The van der Waals surface area contributed by atoms with Crippen LogP contribution in [-0.2, 0) is 28.0 Å². The quantitative estimate of drug-likeness (QED) is 0.353. The minimum Gasteiger partial charge on any atom is -0.292 e. The third-order valence-corrected chi connectivity index (χ3v) is 5.26. The summed E-state index contributed by atoms with van der Waals surface area (Å²) < 4.78 is 78.4. The molecule has 0 unspecified atom stereocenters. The molecule has 1 aromatic carbocycles. The lowest BCUT2D eigenvalue weighted by Gasteiger charge is -2.21. The Kier molecular flexibility index (Phi) is 6.85. The van der Waals surface area contributed by atoms with Gasteiger partial charge in [0.1, 0.15) is 17.6 Å². The number of benzene rings is 1. The molecule has 0 aliphatic rings. The Morgan fingerprint density at radius 1 is 1.25 bits per heavy atom. The molecule has 1 aromatic heterocycles. The maximum Gasteiger partial charge on any atom is 0.431 e. The maximum atomic E-state index is 14.7. The SMILES string of the molecule is Cn1c(C(F)(F)F)cc(=O)n(-c2cc(N(C(=O)/C=[CH]/[Al])S(C)(=O)=O)c(C#N)cc2F)c1=O. The van der Waals surface area contributed by atoms with E-state index in [9.17, 15) is 45.6 Å². The standard InChI is InChI=1S/C17H11F4N4O5S.Al/c1-4-14(26)25(31(3,29)30)11-6-12(10(18)5-9(11)8-22)24-15(27)7-13(17(19,20)21)23(2)16(24)28;/h1,4-7H,2-3H3;. The number of hydrogen-bond acceptors (Lipinski definition) is 6. The molecule has 0 saturated carbocycles. The number of nitrogens with zero attached hydrogens (tertiary/aromatic N) is 4. The molecule has 0 bridgehead atoms. The third kappa shape index (κ3) is 4.67. The Morgan fingerprint density at radius 3 is 2.31 bits per heavy atom. The molecule has 0 N–H and O–H groups in total. The molecule has 0 fully saturated rings. The highest BCUT2D eigenvalue weighted by molar-refractivity contribution is 7.92. The van der Waals surface area contributed by atoms with E-state index in [-0.39, 0.29) is 19.5 Å². The van der Waals surface area contributed by atoms with Gasteiger partial charge in [0, 0.05) is 13.1 Å². The topological polar surface area (TPSA) is 122 Å². The molecule has 0 atom stereocenters. The Bertz CT molecular complexity index is 1400. The van der Waals surface area contributed by atoms with Gasteiger partial charge in [0.2, 0.25) is 10.0 Å². The lowest BCUT2D eigenvalue weighted by Crippen LogP contribution is -2.41. The first-order chi connectivity index (χ1) is 14.6. The average Bonchev–Trinajstić information content (AvgIpc) is 2.65. The zero-order valence-electron chi connectivity index (χ0n) is 16.2. The Balaban J connectivity index is 2.98. The van der Waals surface area contributed by atoms with E-state index < -0.39 is 61.8 Å². The molecule has 15 heteroatoms. The summed E-state index contributed by atoms with van der Waals surface area (Å²) in [5.74, 6) is -2.57. The summed E-state index contributed by atoms with van der Waals surface area (Å²) in [6, 6.07) is 2.53. The number of aromatic nitrogens is 2. The second-order valence-electron chi connectivity index (χ2n) is 6.20. The molecule has 0 aliphatic heterocycles. The van der Waals surface area contributed by atoms with Crippen LogP contribution in [0.5, 0.6) is 0 Å². The minimum absolute atomic E-state index is 0.0195. The van der Waals surface area contributed by atoms with Gasteiger partial charge in [-0.05, 0) is 18.2 Å². The van der Waals surface area contributed by atoms with Crippen molar-refractivity contribution in [2.45, 2.75) is 6.18 Å². The van der Waals surface area contributed by atoms with Crippen molar-refractivity contribution in [2.24, 2.45) is 7.05 Å². The summed E-state index contributed by atoms with van der Waals surface area (Å²) in [4.78, 5) is 38.2. The fraction of sp³-hybridized carbons (Fsp3) is 0.176. The molecule has 0 saturated heterocycles. The van der Waals surface area contributed by atoms with Crippen LogP contribution < -0.4 is 15.6 Å². The van der Waals surface area contributed by atoms with Gasteiger partial charge in [-0.25, -0.2) is 26.5 Å². The van der Waals surface area contributed by atoms with Crippen molar-refractivity contribution in [3.8, 4) is 11.8 Å². The van der Waals surface area contributed by atoms with E-state index in [1.807, 2.05) is 16.3 Å². The number of carbonyl (C=O) groups is 1. The highest BCUT2D eigenvalue weighted by Crippen LogP contribution is 2.29. The number of rotatable bonds is 4. The van der Waals surface area contributed by atoms with E-state index in [0.29, 0.717) is 25.4 Å². The predicted molar refractivity (Wildman–Crippen MR) is 104 cm³/mol. The summed E-state index contributed by atoms with van der Waals surface area (Å²) in [7, 11) is -3.71. The molecular formula is C17H11AlF4N4O5S. The molecule has 2 radical (unpaired) electrons. The van der Waals surface area contributed by atoms with Crippen LogP contribution in [0.4, 0.5) is 23.2 Å². The van der Waals surface area contributed by atoms with Crippen LogP contribution in [0.25, 0.3) is 5.69 Å². The average molecular weight is 486 g/mol. The predicted octanol–water partition coefficient (Wildman–Crippen LogP) is 0.541. The van der Waals surface area contributed by atoms with Gasteiger partial charge in [-0.1, -0.05) is 0 Å². The van der Waals surface area contributed by atoms with Crippen molar-refractivity contribution in [3.05, 3.63) is 67.1 Å². The van der Waals surface area contributed by atoms with Gasteiger partial charge in [0.15, 0.2) is 16.3 Å². The fourth-order valence-corrected chi connectivity index (χ4v) is 3.77. The highest BCUT2D eigenvalue weighted by Gasteiger charge is 2.35. The van der Waals surface area contributed by atoms with E-state index in [1.165, 1.54) is 6.07 Å². The van der Waals surface area contributed by atoms with Crippen LogP contribution in [0.1, 0.15) is 11.3 Å². The van der Waals surface area contributed by atoms with Gasteiger partial charge < -0.3 is 0 Å². The van der Waals surface area contributed by atoms with Crippen LogP contribution in [0.3, 0.4) is 0 Å². The van der Waals surface area contributed by atoms with E-state index in [0.717, 1.165) is 11.0 Å². The van der Waals surface area contributed by atoms with Crippen LogP contribution in [0, 0.1) is 17.1 Å². The highest BCUT2D eigenvalue weighted by atomic mass is 32.2. The molecular weight excluding hydrogens is 475 g/mol. The van der Waals surface area contributed by atoms with Crippen molar-refractivity contribution >= 4 is 37.9 Å². The number of halogens is 4. The molecule has 0 spiro atoms. The monoisotopic (exact) mass is 486 g/mol. The normalized spacial score (nSPS) is 12.0. The van der Waals surface area contributed by atoms with Crippen molar-refractivity contribution in [1.29, 1.82) is 5.26 Å². The molecule has 2 aromatic rings. The molecule has 166 valence electrons. The molecule has 1 heterocycles. The molecule has 9 nitrogen and oxygen atoms in total. The Morgan fingerprint density at radius 2 is 1.84 bits per heavy atom. The number of anilines is 1. The summed E-state index contributed by atoms with van der Waals surface area (Å²) >= 11 is 2.01. The summed E-state index contributed by atoms with van der Waals surface area (Å²) in [6.45, 7) is 0. The third-order valence-electron chi connectivity index (χ3n) is 4.03.